The van der Waals surface area contributed by atoms with Gasteiger partial charge in [0.05, 0.1) is 5.92 Å². The molecule has 0 aliphatic carbocycles. The Hall–Kier alpha value is -2.66. The van der Waals surface area contributed by atoms with E-state index in [0.717, 1.165) is 5.56 Å². The monoisotopic (exact) mass is 440 g/mol. The van der Waals surface area contributed by atoms with E-state index >= 15 is 0 Å². The van der Waals surface area contributed by atoms with Crippen LogP contribution in [-0.2, 0) is 16.1 Å². The molecule has 3 heterocycles. The predicted molar refractivity (Wildman–Crippen MR) is 101 cm³/mol. The number of ether oxygens (including phenoxy) is 2. The van der Waals surface area contributed by atoms with Gasteiger partial charge in [-0.3, -0.25) is 9.69 Å². The van der Waals surface area contributed by atoms with Crippen molar-refractivity contribution in [1.82, 2.24) is 19.9 Å². The van der Waals surface area contributed by atoms with Gasteiger partial charge in [0.2, 0.25) is 11.8 Å². The van der Waals surface area contributed by atoms with Gasteiger partial charge in [-0.2, -0.15) is 4.98 Å². The molecule has 168 valence electrons. The summed E-state index contributed by atoms with van der Waals surface area (Å²) >= 11 is 0. The first-order valence-electron chi connectivity index (χ1n) is 9.81. The number of benzene rings is 1. The van der Waals surface area contributed by atoms with Gasteiger partial charge in [-0.1, -0.05) is 17.3 Å². The molecule has 1 aromatic carbocycles. The lowest BCUT2D eigenvalue weighted by atomic mass is 9.71. The first-order valence-corrected chi connectivity index (χ1v) is 9.81. The van der Waals surface area contributed by atoms with Gasteiger partial charge >= 0.3 is 6.36 Å². The number of hydrogen-bond donors (Lipinski definition) is 0. The van der Waals surface area contributed by atoms with E-state index in [2.05, 4.69) is 19.8 Å². The second kappa shape index (κ2) is 8.12. The zero-order chi connectivity index (χ0) is 22.2. The van der Waals surface area contributed by atoms with Crippen LogP contribution in [0.25, 0.3) is 0 Å². The van der Waals surface area contributed by atoms with Gasteiger partial charge in [0, 0.05) is 45.2 Å². The second-order valence-corrected chi connectivity index (χ2v) is 8.14. The minimum Gasteiger partial charge on any atom is -0.406 e. The van der Waals surface area contributed by atoms with Gasteiger partial charge in [-0.25, -0.2) is 0 Å². The summed E-state index contributed by atoms with van der Waals surface area (Å²) in [5.74, 6) is 0.668. The van der Waals surface area contributed by atoms with E-state index in [0.29, 0.717) is 44.4 Å². The van der Waals surface area contributed by atoms with Crippen LogP contribution in [0.15, 0.2) is 28.8 Å². The molecule has 0 bridgehead atoms. The van der Waals surface area contributed by atoms with Gasteiger partial charge in [-0.15, -0.1) is 13.2 Å². The van der Waals surface area contributed by atoms with E-state index in [1.807, 2.05) is 0 Å². The average molecular weight is 440 g/mol. The summed E-state index contributed by atoms with van der Waals surface area (Å²) in [6, 6.07) is 5.86. The maximum atomic E-state index is 12.4. The van der Waals surface area contributed by atoms with Crippen LogP contribution >= 0.6 is 0 Å². The zero-order valence-corrected chi connectivity index (χ0v) is 17.2. The number of aromatic nitrogens is 2. The fraction of sp³-hybridized carbons (Fsp3) is 0.550. The number of alkyl halides is 3. The fourth-order valence-corrected chi connectivity index (χ4v) is 4.50. The Balaban J connectivity index is 1.42. The summed E-state index contributed by atoms with van der Waals surface area (Å²) in [7, 11) is 1.48. The number of rotatable bonds is 6. The van der Waals surface area contributed by atoms with Crippen LogP contribution in [0.5, 0.6) is 5.75 Å². The van der Waals surface area contributed by atoms with Crippen molar-refractivity contribution >= 4 is 5.91 Å². The molecule has 1 spiro atoms. The minimum absolute atomic E-state index is 0.0156. The SMILES string of the molecule is COCC(=O)N1CC(c2nc(C)no2)C2(CN(Cc3ccc(OC(F)(F)F)cc3)C2)C1. The molecule has 2 fully saturated rings. The molecule has 1 unspecified atom stereocenters. The van der Waals surface area contributed by atoms with E-state index < -0.39 is 6.36 Å². The molecule has 0 N–H and O–H groups in total. The standard InChI is InChI=1S/C20H23F3N4O4/c1-13-24-18(31-25-13)16-8-27(17(28)9-29-2)12-19(16)10-26(11-19)7-14-3-5-15(6-4-14)30-20(21,22)23/h3-6,16H,7-12H2,1-2H3. The highest BCUT2D eigenvalue weighted by molar-refractivity contribution is 5.78. The summed E-state index contributed by atoms with van der Waals surface area (Å²) in [6.07, 6.45) is -4.71. The Bertz CT molecular complexity index is 925. The summed E-state index contributed by atoms with van der Waals surface area (Å²) in [6.45, 7) is 4.81. The van der Waals surface area contributed by atoms with Gasteiger partial charge in [0.25, 0.3) is 0 Å². The first-order chi connectivity index (χ1) is 14.7. The number of methoxy groups -OCH3 is 1. The summed E-state index contributed by atoms with van der Waals surface area (Å²) in [5, 5.41) is 3.89. The summed E-state index contributed by atoms with van der Waals surface area (Å²) < 4.78 is 51.3. The van der Waals surface area contributed by atoms with E-state index in [9.17, 15) is 18.0 Å². The Kier molecular flexibility index (Phi) is 5.65. The highest BCUT2D eigenvalue weighted by Crippen LogP contribution is 2.49. The van der Waals surface area contributed by atoms with Crippen molar-refractivity contribution in [2.24, 2.45) is 5.41 Å². The molecule has 2 aliphatic rings. The third kappa shape index (κ3) is 4.67. The third-order valence-electron chi connectivity index (χ3n) is 5.75. The van der Waals surface area contributed by atoms with Crippen molar-refractivity contribution < 1.29 is 32.0 Å². The number of aryl methyl sites for hydroxylation is 1. The molecule has 1 aromatic heterocycles. The summed E-state index contributed by atoms with van der Waals surface area (Å²) in [5.41, 5.74) is 0.668. The molecule has 2 aromatic rings. The topological polar surface area (TPSA) is 80.9 Å². The molecule has 0 radical (unpaired) electrons. The molecule has 11 heteroatoms. The lowest BCUT2D eigenvalue weighted by Crippen LogP contribution is -2.59. The molecule has 0 saturated carbocycles. The molecule has 1 amide bonds. The summed E-state index contributed by atoms with van der Waals surface area (Å²) in [4.78, 5) is 20.7. The predicted octanol–water partition coefficient (Wildman–Crippen LogP) is 2.35. The molecule has 2 saturated heterocycles. The molecule has 31 heavy (non-hydrogen) atoms. The number of hydrogen-bond acceptors (Lipinski definition) is 7. The van der Waals surface area contributed by atoms with E-state index in [-0.39, 0.29) is 29.6 Å². The third-order valence-corrected chi connectivity index (χ3v) is 5.75. The van der Waals surface area contributed by atoms with Crippen molar-refractivity contribution in [3.63, 3.8) is 0 Å². The second-order valence-electron chi connectivity index (χ2n) is 8.14. The quantitative estimate of drug-likeness (QED) is 0.682. The molecule has 2 aliphatic heterocycles. The van der Waals surface area contributed by atoms with Crippen molar-refractivity contribution in [2.75, 3.05) is 39.9 Å². The van der Waals surface area contributed by atoms with Crippen LogP contribution in [0.2, 0.25) is 0 Å². The lowest BCUT2D eigenvalue weighted by Gasteiger charge is -2.50. The van der Waals surface area contributed by atoms with Gasteiger partial charge in [-0.05, 0) is 24.6 Å². The zero-order valence-electron chi connectivity index (χ0n) is 17.2. The van der Waals surface area contributed by atoms with Gasteiger partial charge in [0.1, 0.15) is 12.4 Å². The maximum absolute atomic E-state index is 12.4. The van der Waals surface area contributed by atoms with Crippen LogP contribution in [-0.4, -0.2) is 72.1 Å². The first kappa shape index (κ1) is 21.6. The van der Waals surface area contributed by atoms with Crippen LogP contribution in [0, 0.1) is 12.3 Å². The molecule has 4 rings (SSSR count). The highest BCUT2D eigenvalue weighted by Gasteiger charge is 2.57. The molecule has 1 atom stereocenters. The number of carbonyl (C=O) groups is 1. The smallest absolute Gasteiger partial charge is 0.406 e. The average Bonchev–Trinajstić information content (AvgIpc) is 3.26. The maximum Gasteiger partial charge on any atom is 0.573 e. The molecule has 8 nitrogen and oxygen atoms in total. The van der Waals surface area contributed by atoms with E-state index in [1.54, 1.807) is 24.0 Å². The Morgan fingerprint density at radius 1 is 1.26 bits per heavy atom. The van der Waals surface area contributed by atoms with Crippen molar-refractivity contribution in [1.29, 1.82) is 0 Å². The molecular formula is C20H23F3N4O4. The van der Waals surface area contributed by atoms with E-state index in [4.69, 9.17) is 9.26 Å². The van der Waals surface area contributed by atoms with Crippen molar-refractivity contribution in [3.8, 4) is 5.75 Å². The van der Waals surface area contributed by atoms with Gasteiger partial charge in [0.15, 0.2) is 5.82 Å². The van der Waals surface area contributed by atoms with Crippen LogP contribution < -0.4 is 4.74 Å². The number of nitrogens with zero attached hydrogens (tertiary/aromatic N) is 4. The van der Waals surface area contributed by atoms with Gasteiger partial charge < -0.3 is 18.9 Å². The van der Waals surface area contributed by atoms with Crippen molar-refractivity contribution in [3.05, 3.63) is 41.5 Å². The number of halogens is 3. The lowest BCUT2D eigenvalue weighted by molar-refractivity contribution is -0.274. The molecular weight excluding hydrogens is 417 g/mol. The minimum atomic E-state index is -4.71. The fourth-order valence-electron chi connectivity index (χ4n) is 4.50. The largest absolute Gasteiger partial charge is 0.573 e. The number of amides is 1. The van der Waals surface area contributed by atoms with Crippen LogP contribution in [0.1, 0.15) is 23.2 Å². The number of likely N-dealkylation sites (tertiary alicyclic amines) is 2. The Morgan fingerprint density at radius 2 is 1.97 bits per heavy atom. The highest BCUT2D eigenvalue weighted by atomic mass is 19.4. The van der Waals surface area contributed by atoms with Crippen molar-refractivity contribution in [2.45, 2.75) is 25.7 Å². The van der Waals surface area contributed by atoms with Crippen LogP contribution in [0.4, 0.5) is 13.2 Å². The Labute approximate surface area is 176 Å². The normalized spacial score (nSPS) is 20.8. The number of carbonyl (C=O) groups excluding carboxylic acids is 1. The van der Waals surface area contributed by atoms with E-state index in [1.165, 1.54) is 19.2 Å². The van der Waals surface area contributed by atoms with Crippen LogP contribution in [0.3, 0.4) is 0 Å². The Morgan fingerprint density at radius 3 is 2.55 bits per heavy atom.